The van der Waals surface area contributed by atoms with Gasteiger partial charge in [0.25, 0.3) is 0 Å². The summed E-state index contributed by atoms with van der Waals surface area (Å²) >= 11 is 0. The minimum atomic E-state index is -0.785. The molecule has 65 heavy (non-hydrogen) atoms. The molecule has 374 valence electrons. The monoisotopic (exact) mass is 907 g/mol. The number of ether oxygens (including phenoxy) is 3. The maximum absolute atomic E-state index is 12.8. The van der Waals surface area contributed by atoms with Crippen LogP contribution in [0, 0.1) is 0 Å². The molecular weight excluding hydrogens is 805 g/mol. The summed E-state index contributed by atoms with van der Waals surface area (Å²) < 4.78 is 16.8. The lowest BCUT2D eigenvalue weighted by Crippen LogP contribution is -2.30. The van der Waals surface area contributed by atoms with E-state index in [1.807, 2.05) is 0 Å². The van der Waals surface area contributed by atoms with Gasteiger partial charge in [0.1, 0.15) is 13.2 Å². The fourth-order valence-corrected chi connectivity index (χ4v) is 7.59. The fraction of sp³-hybridized carbons (Fsp3) is 0.746. The van der Waals surface area contributed by atoms with Crippen molar-refractivity contribution in [2.24, 2.45) is 0 Å². The van der Waals surface area contributed by atoms with E-state index in [0.717, 1.165) is 116 Å². The van der Waals surface area contributed by atoms with Crippen LogP contribution in [-0.2, 0) is 28.6 Å². The van der Waals surface area contributed by atoms with Gasteiger partial charge in [-0.1, -0.05) is 235 Å². The normalized spacial score (nSPS) is 12.6. The average Bonchev–Trinajstić information content (AvgIpc) is 3.30. The van der Waals surface area contributed by atoms with Gasteiger partial charge in [-0.15, -0.1) is 0 Å². The average molecular weight is 907 g/mol. The predicted octanol–water partition coefficient (Wildman–Crippen LogP) is 18.2. The van der Waals surface area contributed by atoms with E-state index in [9.17, 15) is 14.4 Å². The first-order valence-electron chi connectivity index (χ1n) is 27.4. The third-order valence-electron chi connectivity index (χ3n) is 11.7. The molecule has 0 radical (unpaired) electrons. The second kappa shape index (κ2) is 53.5. The smallest absolute Gasteiger partial charge is 0.306 e. The van der Waals surface area contributed by atoms with Gasteiger partial charge in [-0.2, -0.15) is 0 Å². The molecule has 0 rings (SSSR count). The predicted molar refractivity (Wildman–Crippen MR) is 279 cm³/mol. The summed E-state index contributed by atoms with van der Waals surface area (Å²) in [5, 5.41) is 0. The lowest BCUT2D eigenvalue weighted by molar-refractivity contribution is -0.167. The summed E-state index contributed by atoms with van der Waals surface area (Å²) in [5.41, 5.74) is 0. The molecule has 0 bridgehead atoms. The van der Waals surface area contributed by atoms with Crippen LogP contribution in [0.25, 0.3) is 0 Å². The van der Waals surface area contributed by atoms with E-state index in [0.29, 0.717) is 19.3 Å². The van der Waals surface area contributed by atoms with Crippen LogP contribution in [0.3, 0.4) is 0 Å². The second-order valence-corrected chi connectivity index (χ2v) is 18.1. The number of esters is 3. The zero-order valence-electron chi connectivity index (χ0n) is 42.7. The van der Waals surface area contributed by atoms with Crippen LogP contribution in [0.1, 0.15) is 265 Å². The molecule has 0 spiro atoms. The van der Waals surface area contributed by atoms with Gasteiger partial charge in [-0.25, -0.2) is 0 Å². The van der Waals surface area contributed by atoms with Gasteiger partial charge in [0.15, 0.2) is 6.10 Å². The zero-order chi connectivity index (χ0) is 47.2. The molecule has 0 aliphatic carbocycles. The van der Waals surface area contributed by atoms with Crippen molar-refractivity contribution in [3.8, 4) is 0 Å². The molecule has 6 heteroatoms. The molecule has 0 amide bonds. The highest BCUT2D eigenvalue weighted by molar-refractivity contribution is 5.71. The summed E-state index contributed by atoms with van der Waals surface area (Å²) in [6.07, 6.45) is 67.4. The van der Waals surface area contributed by atoms with Crippen LogP contribution in [0.2, 0.25) is 0 Å². The Morgan fingerprint density at radius 2 is 0.631 bits per heavy atom. The molecular formula is C59H102O6. The second-order valence-electron chi connectivity index (χ2n) is 18.1. The van der Waals surface area contributed by atoms with Crippen molar-refractivity contribution >= 4 is 17.9 Å². The van der Waals surface area contributed by atoms with Crippen molar-refractivity contribution in [2.45, 2.75) is 271 Å². The SMILES string of the molecule is CC/C=C\C/C=C\C/C=C\C/C=C\CCCCCCCCC(=O)OCC(COC(=O)CCCCCCC/C=C\C/C=C\CCC)OC(=O)CCCCCCCCCCCCCCCCC. The third kappa shape index (κ3) is 51.7. The topological polar surface area (TPSA) is 78.9 Å². The van der Waals surface area contributed by atoms with E-state index in [1.54, 1.807) is 0 Å². The maximum atomic E-state index is 12.8. The molecule has 0 aromatic carbocycles. The van der Waals surface area contributed by atoms with Crippen LogP contribution in [0.4, 0.5) is 0 Å². The molecule has 6 nitrogen and oxygen atoms in total. The number of unbranched alkanes of at least 4 members (excludes halogenated alkanes) is 26. The number of hydrogen-bond donors (Lipinski definition) is 0. The van der Waals surface area contributed by atoms with E-state index < -0.39 is 6.10 Å². The first-order valence-corrected chi connectivity index (χ1v) is 27.4. The highest BCUT2D eigenvalue weighted by atomic mass is 16.6. The van der Waals surface area contributed by atoms with E-state index in [4.69, 9.17) is 14.2 Å². The van der Waals surface area contributed by atoms with Crippen LogP contribution in [0.15, 0.2) is 72.9 Å². The molecule has 0 aliphatic rings. The molecule has 0 aromatic heterocycles. The number of carbonyl (C=O) groups excluding carboxylic acids is 3. The standard InChI is InChI=1S/C59H102O6/c1-4-7-10-13-16-19-22-25-27-28-29-30-32-34-37-40-43-46-49-52-58(61)64-55-56(54-63-57(60)51-48-45-42-39-36-33-24-21-18-15-12-9-6-3)65-59(62)53-50-47-44-41-38-35-31-26-23-20-17-14-11-8-5-2/h7,10,12,15-16,19,21,24-25,27,29-30,56H,4-6,8-9,11,13-14,17-18,20,22-23,26,28,31-55H2,1-3H3/b10-7-,15-12-,19-16-,24-21-,27-25-,30-29-. The first-order chi connectivity index (χ1) is 32.0. The van der Waals surface area contributed by atoms with Crippen molar-refractivity contribution in [2.75, 3.05) is 13.2 Å². The van der Waals surface area contributed by atoms with E-state index in [-0.39, 0.29) is 31.1 Å². The molecule has 0 aromatic rings. The quantitative estimate of drug-likeness (QED) is 0.0262. The van der Waals surface area contributed by atoms with Crippen molar-refractivity contribution in [1.29, 1.82) is 0 Å². The summed E-state index contributed by atoms with van der Waals surface area (Å²) in [5.74, 6) is -0.905. The molecule has 0 fully saturated rings. The highest BCUT2D eigenvalue weighted by Gasteiger charge is 2.19. The van der Waals surface area contributed by atoms with Gasteiger partial charge in [0.2, 0.25) is 0 Å². The van der Waals surface area contributed by atoms with Crippen LogP contribution < -0.4 is 0 Å². The van der Waals surface area contributed by atoms with Gasteiger partial charge in [0.05, 0.1) is 0 Å². The molecule has 1 unspecified atom stereocenters. The number of hydrogen-bond acceptors (Lipinski definition) is 6. The van der Waals surface area contributed by atoms with Crippen LogP contribution in [0.5, 0.6) is 0 Å². The van der Waals surface area contributed by atoms with Crippen molar-refractivity contribution in [3.63, 3.8) is 0 Å². The molecule has 0 heterocycles. The summed E-state index contributed by atoms with van der Waals surface area (Å²) in [4.78, 5) is 38.1. The first kappa shape index (κ1) is 61.9. The van der Waals surface area contributed by atoms with E-state index in [2.05, 4.69) is 93.7 Å². The lowest BCUT2D eigenvalue weighted by Gasteiger charge is -2.18. The Labute approximate surface area is 402 Å². The Morgan fingerprint density at radius 1 is 0.323 bits per heavy atom. The summed E-state index contributed by atoms with van der Waals surface area (Å²) in [7, 11) is 0. The highest BCUT2D eigenvalue weighted by Crippen LogP contribution is 2.15. The molecule has 0 saturated heterocycles. The minimum absolute atomic E-state index is 0.0857. The zero-order valence-corrected chi connectivity index (χ0v) is 42.7. The van der Waals surface area contributed by atoms with E-state index in [1.165, 1.54) is 109 Å². The number of allylic oxidation sites excluding steroid dienone is 12. The van der Waals surface area contributed by atoms with Crippen molar-refractivity contribution < 1.29 is 28.6 Å². The molecule has 0 aliphatic heterocycles. The maximum Gasteiger partial charge on any atom is 0.306 e. The van der Waals surface area contributed by atoms with E-state index >= 15 is 0 Å². The lowest BCUT2D eigenvalue weighted by atomic mass is 10.0. The van der Waals surface area contributed by atoms with Gasteiger partial charge >= 0.3 is 17.9 Å². The Kier molecular flexibility index (Phi) is 50.9. The van der Waals surface area contributed by atoms with Gasteiger partial charge in [-0.05, 0) is 83.5 Å². The molecule has 0 saturated carbocycles. The van der Waals surface area contributed by atoms with Crippen LogP contribution in [-0.4, -0.2) is 37.2 Å². The summed E-state index contributed by atoms with van der Waals surface area (Å²) in [6, 6.07) is 0. The van der Waals surface area contributed by atoms with Crippen molar-refractivity contribution in [1.82, 2.24) is 0 Å². The Hall–Kier alpha value is -3.15. The van der Waals surface area contributed by atoms with Crippen molar-refractivity contribution in [3.05, 3.63) is 72.9 Å². The number of carbonyl (C=O) groups is 3. The molecule has 1 atom stereocenters. The van der Waals surface area contributed by atoms with Gasteiger partial charge in [0, 0.05) is 19.3 Å². The Balaban J connectivity index is 4.39. The molecule has 0 N–H and O–H groups in total. The Morgan fingerprint density at radius 3 is 1.00 bits per heavy atom. The third-order valence-corrected chi connectivity index (χ3v) is 11.7. The number of rotatable bonds is 49. The van der Waals surface area contributed by atoms with Gasteiger partial charge in [-0.3, -0.25) is 14.4 Å². The Bertz CT molecular complexity index is 1230. The fourth-order valence-electron chi connectivity index (χ4n) is 7.59. The van der Waals surface area contributed by atoms with Crippen LogP contribution >= 0.6 is 0 Å². The largest absolute Gasteiger partial charge is 0.462 e. The minimum Gasteiger partial charge on any atom is -0.462 e. The summed E-state index contributed by atoms with van der Waals surface area (Å²) in [6.45, 7) is 6.45. The van der Waals surface area contributed by atoms with Gasteiger partial charge < -0.3 is 14.2 Å².